The first kappa shape index (κ1) is 25.9. The van der Waals surface area contributed by atoms with Crippen molar-refractivity contribution in [3.63, 3.8) is 0 Å². The Morgan fingerprint density at radius 1 is 1.00 bits per heavy atom. The molecule has 39 heavy (non-hydrogen) atoms. The Kier molecular flexibility index (Phi) is 7.02. The molecule has 0 fully saturated rings. The van der Waals surface area contributed by atoms with E-state index in [0.717, 1.165) is 34.2 Å². The molecule has 8 nitrogen and oxygen atoms in total. The van der Waals surface area contributed by atoms with Gasteiger partial charge in [-0.25, -0.2) is 23.3 Å². The SMILES string of the molecule is Cc1cc2ncc(C(=O)N[C@@H](Cc3ccc(F)c(F)c3)C(=O)CCc3ccc4c(N)nccc4c3)c(C)n2n1. The summed E-state index contributed by atoms with van der Waals surface area (Å²) in [4.78, 5) is 35.1. The van der Waals surface area contributed by atoms with Crippen LogP contribution in [0.3, 0.4) is 0 Å². The Morgan fingerprint density at radius 3 is 2.59 bits per heavy atom. The highest BCUT2D eigenvalue weighted by atomic mass is 19.2. The molecule has 0 saturated heterocycles. The number of nitrogens with one attached hydrogen (secondary N) is 1. The number of rotatable bonds is 8. The molecule has 2 aromatic carbocycles. The minimum Gasteiger partial charge on any atom is -0.383 e. The van der Waals surface area contributed by atoms with Crippen LogP contribution in [0.1, 0.15) is 39.3 Å². The van der Waals surface area contributed by atoms with E-state index < -0.39 is 23.6 Å². The number of ketones is 1. The van der Waals surface area contributed by atoms with Crippen molar-refractivity contribution in [2.24, 2.45) is 0 Å². The third kappa shape index (κ3) is 5.45. The van der Waals surface area contributed by atoms with Crippen molar-refractivity contribution in [2.45, 2.75) is 39.2 Å². The molecule has 0 unspecified atom stereocenters. The molecular weight excluding hydrogens is 502 g/mol. The normalized spacial score (nSPS) is 12.1. The number of nitrogens with two attached hydrogens (primary N) is 1. The average Bonchev–Trinajstić information content (AvgIpc) is 3.30. The number of fused-ring (bicyclic) bond motifs is 2. The van der Waals surface area contributed by atoms with Crippen LogP contribution in [0.25, 0.3) is 16.4 Å². The maximum atomic E-state index is 13.9. The maximum absolute atomic E-state index is 13.9. The van der Waals surface area contributed by atoms with Crippen LogP contribution in [0, 0.1) is 25.5 Å². The van der Waals surface area contributed by atoms with Gasteiger partial charge in [0.1, 0.15) is 5.82 Å². The number of pyridine rings is 1. The van der Waals surface area contributed by atoms with Gasteiger partial charge in [0.15, 0.2) is 23.1 Å². The molecule has 1 amide bonds. The molecule has 198 valence electrons. The van der Waals surface area contributed by atoms with E-state index in [4.69, 9.17) is 5.73 Å². The Hall–Kier alpha value is -4.73. The number of aromatic nitrogens is 4. The lowest BCUT2D eigenvalue weighted by Crippen LogP contribution is -2.43. The first-order valence-corrected chi connectivity index (χ1v) is 12.4. The largest absolute Gasteiger partial charge is 0.383 e. The predicted molar refractivity (Wildman–Crippen MR) is 143 cm³/mol. The molecule has 3 heterocycles. The second-order valence-electron chi connectivity index (χ2n) is 9.51. The van der Waals surface area contributed by atoms with Crippen LogP contribution in [0.15, 0.2) is 60.9 Å². The summed E-state index contributed by atoms with van der Waals surface area (Å²) in [6.07, 6.45) is 3.60. The Balaban J connectivity index is 1.38. The molecule has 0 aliphatic heterocycles. The van der Waals surface area contributed by atoms with Crippen LogP contribution < -0.4 is 11.1 Å². The maximum Gasteiger partial charge on any atom is 0.255 e. The third-order valence-corrected chi connectivity index (χ3v) is 6.73. The molecule has 0 radical (unpaired) electrons. The highest BCUT2D eigenvalue weighted by Crippen LogP contribution is 2.21. The van der Waals surface area contributed by atoms with Gasteiger partial charge < -0.3 is 11.1 Å². The van der Waals surface area contributed by atoms with Crippen LogP contribution >= 0.6 is 0 Å². The van der Waals surface area contributed by atoms with Crippen LogP contribution in [-0.4, -0.2) is 37.3 Å². The Morgan fingerprint density at radius 2 is 1.79 bits per heavy atom. The monoisotopic (exact) mass is 528 g/mol. The lowest BCUT2D eigenvalue weighted by molar-refractivity contribution is -0.120. The summed E-state index contributed by atoms with van der Waals surface area (Å²) in [6, 6.07) is 11.8. The molecule has 0 saturated carbocycles. The first-order valence-electron chi connectivity index (χ1n) is 12.4. The summed E-state index contributed by atoms with van der Waals surface area (Å²) in [5, 5.41) is 8.89. The number of anilines is 1. The molecule has 0 bridgehead atoms. The number of carbonyl (C=O) groups excluding carboxylic acids is 2. The second kappa shape index (κ2) is 10.6. The summed E-state index contributed by atoms with van der Waals surface area (Å²) in [5.74, 6) is -2.33. The average molecular weight is 529 g/mol. The van der Waals surface area contributed by atoms with Crippen molar-refractivity contribution in [1.29, 1.82) is 0 Å². The Labute approximate surface area is 222 Å². The van der Waals surface area contributed by atoms with Crippen LogP contribution in [0.5, 0.6) is 0 Å². The number of hydrogen-bond acceptors (Lipinski definition) is 6. The van der Waals surface area contributed by atoms with Crippen molar-refractivity contribution in [1.82, 2.24) is 24.9 Å². The van der Waals surface area contributed by atoms with Crippen molar-refractivity contribution in [2.75, 3.05) is 5.73 Å². The minimum absolute atomic E-state index is 0.00268. The number of hydrogen-bond donors (Lipinski definition) is 2. The smallest absolute Gasteiger partial charge is 0.255 e. The first-order chi connectivity index (χ1) is 18.7. The summed E-state index contributed by atoms with van der Waals surface area (Å²) < 4.78 is 29.0. The number of nitrogens with zero attached hydrogens (tertiary/aromatic N) is 4. The molecule has 0 aliphatic carbocycles. The predicted octanol–water partition coefficient (Wildman–Crippen LogP) is 4.30. The van der Waals surface area contributed by atoms with E-state index in [0.29, 0.717) is 29.1 Å². The number of halogens is 2. The summed E-state index contributed by atoms with van der Waals surface area (Å²) in [7, 11) is 0. The summed E-state index contributed by atoms with van der Waals surface area (Å²) >= 11 is 0. The van der Waals surface area contributed by atoms with E-state index in [9.17, 15) is 18.4 Å². The molecule has 0 spiro atoms. The van der Waals surface area contributed by atoms with Gasteiger partial charge in [0.25, 0.3) is 5.91 Å². The topological polar surface area (TPSA) is 115 Å². The van der Waals surface area contributed by atoms with E-state index >= 15 is 0 Å². The van der Waals surface area contributed by atoms with Crippen molar-refractivity contribution < 1.29 is 18.4 Å². The number of aryl methyl sites for hydroxylation is 3. The highest BCUT2D eigenvalue weighted by Gasteiger charge is 2.24. The van der Waals surface area contributed by atoms with Gasteiger partial charge in [-0.15, -0.1) is 0 Å². The van der Waals surface area contributed by atoms with E-state index in [2.05, 4.69) is 20.4 Å². The third-order valence-electron chi connectivity index (χ3n) is 6.73. The number of benzene rings is 2. The van der Waals surface area contributed by atoms with Gasteiger partial charge in [0.05, 0.1) is 23.0 Å². The van der Waals surface area contributed by atoms with E-state index in [-0.39, 0.29) is 24.2 Å². The van der Waals surface area contributed by atoms with Crippen LogP contribution in [-0.2, 0) is 17.6 Å². The van der Waals surface area contributed by atoms with Crippen LogP contribution in [0.2, 0.25) is 0 Å². The standard InChI is InChI=1S/C29H26F2N6O2/c1-16-11-27-34-15-22(17(2)37(27)36-16)29(39)35-25(14-19-4-7-23(30)24(31)13-19)26(38)8-5-18-3-6-21-20(12-18)9-10-33-28(21)32/h3-4,6-7,9-13,15,25H,5,8,14H2,1-2H3,(H2,32,33)(H,35,39)/t25-/m0/s1. The fraction of sp³-hybridized carbons (Fsp3) is 0.207. The second-order valence-corrected chi connectivity index (χ2v) is 9.51. The zero-order chi connectivity index (χ0) is 27.7. The fourth-order valence-electron chi connectivity index (χ4n) is 4.62. The van der Waals surface area contributed by atoms with Gasteiger partial charge in [-0.2, -0.15) is 5.10 Å². The quantitative estimate of drug-likeness (QED) is 0.310. The zero-order valence-electron chi connectivity index (χ0n) is 21.4. The minimum atomic E-state index is -1.02. The molecule has 3 aromatic heterocycles. The van der Waals surface area contributed by atoms with E-state index in [1.165, 1.54) is 12.3 Å². The lowest BCUT2D eigenvalue weighted by Gasteiger charge is -2.19. The van der Waals surface area contributed by atoms with Crippen molar-refractivity contribution in [3.05, 3.63) is 101 Å². The van der Waals surface area contributed by atoms with E-state index in [1.54, 1.807) is 23.7 Å². The number of amides is 1. The molecule has 5 rings (SSSR count). The number of carbonyl (C=O) groups is 2. The van der Waals surface area contributed by atoms with Crippen LogP contribution in [0.4, 0.5) is 14.6 Å². The van der Waals surface area contributed by atoms with Gasteiger partial charge >= 0.3 is 0 Å². The van der Waals surface area contributed by atoms with Gasteiger partial charge in [0, 0.05) is 30.3 Å². The van der Waals surface area contributed by atoms with Gasteiger partial charge in [-0.1, -0.05) is 24.3 Å². The number of Topliss-reactive ketones (excluding diaryl/α,β-unsaturated/α-hetero) is 1. The van der Waals surface area contributed by atoms with Gasteiger partial charge in [0.2, 0.25) is 0 Å². The molecule has 5 aromatic rings. The zero-order valence-corrected chi connectivity index (χ0v) is 21.4. The molecule has 0 aliphatic rings. The molecule has 10 heteroatoms. The van der Waals surface area contributed by atoms with Crippen molar-refractivity contribution >= 4 is 33.9 Å². The Bertz CT molecular complexity index is 1730. The molecule has 1 atom stereocenters. The van der Waals surface area contributed by atoms with E-state index in [1.807, 2.05) is 31.2 Å². The van der Waals surface area contributed by atoms with Crippen molar-refractivity contribution in [3.8, 4) is 0 Å². The number of nitrogen functional groups attached to an aromatic ring is 1. The summed E-state index contributed by atoms with van der Waals surface area (Å²) in [5.41, 5.74) is 9.41. The lowest BCUT2D eigenvalue weighted by atomic mass is 9.96. The fourth-order valence-corrected chi connectivity index (χ4v) is 4.62. The molecular formula is C29H26F2N6O2. The highest BCUT2D eigenvalue weighted by molar-refractivity contribution is 5.99. The van der Waals surface area contributed by atoms with Gasteiger partial charge in [-0.05, 0) is 61.4 Å². The molecule has 3 N–H and O–H groups in total. The van der Waals surface area contributed by atoms with Gasteiger partial charge in [-0.3, -0.25) is 9.59 Å². The summed E-state index contributed by atoms with van der Waals surface area (Å²) in [6.45, 7) is 3.57.